The first-order valence-corrected chi connectivity index (χ1v) is 16.9. The van der Waals surface area contributed by atoms with Crippen LogP contribution in [0.15, 0.2) is 42.5 Å². The van der Waals surface area contributed by atoms with Crippen molar-refractivity contribution in [2.45, 2.75) is 109 Å². The number of amides is 1. The van der Waals surface area contributed by atoms with Gasteiger partial charge in [0.05, 0.1) is 12.5 Å². The number of carbonyl (C=O) groups excluding carboxylic acids is 1. The summed E-state index contributed by atoms with van der Waals surface area (Å²) < 4.78 is 5.91. The first-order chi connectivity index (χ1) is 20.3. The predicted octanol–water partition coefficient (Wildman–Crippen LogP) is 6.92. The minimum atomic E-state index is -0.00304. The lowest BCUT2D eigenvalue weighted by molar-refractivity contribution is -0.131. The molecule has 0 unspecified atom stereocenters. The van der Waals surface area contributed by atoms with Crippen molar-refractivity contribution in [3.63, 3.8) is 0 Å². The number of piperidine rings is 2. The zero-order valence-corrected chi connectivity index (χ0v) is 26.9. The molecule has 0 N–H and O–H groups in total. The van der Waals surface area contributed by atoms with Crippen LogP contribution in [0.5, 0.6) is 5.75 Å². The van der Waals surface area contributed by atoms with Gasteiger partial charge in [-0.25, -0.2) is 0 Å². The average Bonchev–Trinajstić information content (AvgIpc) is 3.22. The molecule has 1 atom stereocenters. The van der Waals surface area contributed by atoms with Crippen molar-refractivity contribution in [3.05, 3.63) is 64.7 Å². The highest BCUT2D eigenvalue weighted by Crippen LogP contribution is 2.38. The lowest BCUT2D eigenvalue weighted by Gasteiger charge is -2.42. The van der Waals surface area contributed by atoms with Gasteiger partial charge in [-0.2, -0.15) is 0 Å². The molecule has 3 fully saturated rings. The van der Waals surface area contributed by atoms with Crippen LogP contribution in [0.3, 0.4) is 0 Å². The molecule has 5 nitrogen and oxygen atoms in total. The van der Waals surface area contributed by atoms with Crippen LogP contribution >= 0.6 is 0 Å². The molecule has 1 amide bonds. The highest BCUT2D eigenvalue weighted by Gasteiger charge is 2.38. The van der Waals surface area contributed by atoms with E-state index in [1.165, 1.54) is 81.4 Å². The van der Waals surface area contributed by atoms with Crippen molar-refractivity contribution in [2.24, 2.45) is 0 Å². The van der Waals surface area contributed by atoms with Crippen molar-refractivity contribution in [1.29, 1.82) is 0 Å². The van der Waals surface area contributed by atoms with E-state index in [4.69, 9.17) is 4.74 Å². The van der Waals surface area contributed by atoms with Crippen LogP contribution in [0.2, 0.25) is 0 Å². The minimum absolute atomic E-state index is 0.00304. The molecular weight excluding hydrogens is 518 g/mol. The molecule has 3 heterocycles. The second-order valence-corrected chi connectivity index (χ2v) is 13.8. The summed E-state index contributed by atoms with van der Waals surface area (Å²) in [7, 11) is 0. The van der Waals surface area contributed by atoms with E-state index < -0.39 is 0 Å². The second-order valence-electron chi connectivity index (χ2n) is 13.8. The Balaban J connectivity index is 1.29. The third kappa shape index (κ3) is 7.96. The van der Waals surface area contributed by atoms with Gasteiger partial charge in [-0.05, 0) is 140 Å². The van der Waals surface area contributed by atoms with Crippen molar-refractivity contribution in [3.8, 4) is 5.75 Å². The smallest absolute Gasteiger partial charge is 0.227 e. The molecule has 0 bridgehead atoms. The predicted molar refractivity (Wildman–Crippen MR) is 173 cm³/mol. The lowest BCUT2D eigenvalue weighted by atomic mass is 9.73. The van der Waals surface area contributed by atoms with Gasteiger partial charge in [0.15, 0.2) is 0 Å². The van der Waals surface area contributed by atoms with E-state index in [9.17, 15) is 4.79 Å². The highest BCUT2D eigenvalue weighted by atomic mass is 16.5. The lowest BCUT2D eigenvalue weighted by Crippen LogP contribution is -2.48. The van der Waals surface area contributed by atoms with E-state index in [-0.39, 0.29) is 17.4 Å². The van der Waals surface area contributed by atoms with Crippen LogP contribution in [0.1, 0.15) is 93.9 Å². The summed E-state index contributed by atoms with van der Waals surface area (Å²) in [5, 5.41) is 0. The van der Waals surface area contributed by atoms with Gasteiger partial charge in [-0.3, -0.25) is 4.79 Å². The fraction of sp³-hybridized carbons (Fsp3) is 0.649. The van der Waals surface area contributed by atoms with Gasteiger partial charge in [0.25, 0.3) is 0 Å². The monoisotopic (exact) mass is 573 g/mol. The zero-order valence-electron chi connectivity index (χ0n) is 26.9. The molecule has 0 aromatic heterocycles. The molecule has 2 aromatic rings. The zero-order chi connectivity index (χ0) is 29.5. The van der Waals surface area contributed by atoms with Gasteiger partial charge in [0.1, 0.15) is 5.75 Å². The van der Waals surface area contributed by atoms with E-state index in [0.717, 1.165) is 56.3 Å². The first-order valence-electron chi connectivity index (χ1n) is 16.9. The van der Waals surface area contributed by atoms with Crippen LogP contribution < -0.4 is 4.74 Å². The SMILES string of the molecule is Cc1ccc([C@@]2(CCN3CCC(N4CCCCC4)CC3)CCCCN(C(=O)Cc3cccc(OC(C)C)c3)C2)cc1C. The van der Waals surface area contributed by atoms with Crippen molar-refractivity contribution in [2.75, 3.05) is 45.8 Å². The summed E-state index contributed by atoms with van der Waals surface area (Å²) in [6, 6.07) is 16.0. The van der Waals surface area contributed by atoms with E-state index in [1.807, 2.05) is 32.0 Å². The molecule has 0 aliphatic carbocycles. The first kappa shape index (κ1) is 31.1. The Labute approximate surface area is 255 Å². The molecule has 3 aliphatic rings. The van der Waals surface area contributed by atoms with Gasteiger partial charge < -0.3 is 19.4 Å². The van der Waals surface area contributed by atoms with Gasteiger partial charge >= 0.3 is 0 Å². The second kappa shape index (κ2) is 14.4. The maximum Gasteiger partial charge on any atom is 0.227 e. The van der Waals surface area contributed by atoms with E-state index in [1.54, 1.807) is 0 Å². The highest BCUT2D eigenvalue weighted by molar-refractivity contribution is 5.79. The van der Waals surface area contributed by atoms with Gasteiger partial charge in [0.2, 0.25) is 5.91 Å². The third-order valence-corrected chi connectivity index (χ3v) is 10.3. The van der Waals surface area contributed by atoms with Crippen LogP contribution in [0.4, 0.5) is 0 Å². The average molecular weight is 574 g/mol. The number of likely N-dealkylation sites (tertiary alicyclic amines) is 3. The van der Waals surface area contributed by atoms with Crippen molar-refractivity contribution in [1.82, 2.24) is 14.7 Å². The Morgan fingerprint density at radius 1 is 0.905 bits per heavy atom. The summed E-state index contributed by atoms with van der Waals surface area (Å²) in [6.07, 6.45) is 11.9. The number of rotatable bonds is 9. The van der Waals surface area contributed by atoms with Crippen LogP contribution in [0, 0.1) is 13.8 Å². The van der Waals surface area contributed by atoms with Gasteiger partial charge in [-0.15, -0.1) is 0 Å². The molecule has 3 saturated heterocycles. The quantitative estimate of drug-likeness (QED) is 0.326. The van der Waals surface area contributed by atoms with Crippen molar-refractivity contribution < 1.29 is 9.53 Å². The molecule has 42 heavy (non-hydrogen) atoms. The number of aryl methyl sites for hydroxylation is 2. The minimum Gasteiger partial charge on any atom is -0.491 e. The third-order valence-electron chi connectivity index (χ3n) is 10.3. The summed E-state index contributed by atoms with van der Waals surface area (Å²) in [4.78, 5) is 21.5. The summed E-state index contributed by atoms with van der Waals surface area (Å²) in [5.41, 5.74) is 5.17. The molecule has 230 valence electrons. The Morgan fingerprint density at radius 2 is 1.67 bits per heavy atom. The Morgan fingerprint density at radius 3 is 2.40 bits per heavy atom. The van der Waals surface area contributed by atoms with E-state index in [2.05, 4.69) is 52.8 Å². The number of carbonyl (C=O) groups is 1. The number of ether oxygens (including phenoxy) is 1. The standard InChI is InChI=1S/C37H55N3O2/c1-29(2)42-35-12-10-11-32(26-35)27-36(41)40-21-9-6-17-37(28-40,33-14-13-30(3)31(4)25-33)18-24-38-22-15-34(16-23-38)39-19-7-5-8-20-39/h10-14,25-26,29,34H,5-9,15-24,27-28H2,1-4H3/t37-/m1/s1. The Kier molecular flexibility index (Phi) is 10.7. The van der Waals surface area contributed by atoms with E-state index in [0.29, 0.717) is 6.42 Å². The summed E-state index contributed by atoms with van der Waals surface area (Å²) in [5.74, 6) is 1.09. The maximum atomic E-state index is 13.9. The largest absolute Gasteiger partial charge is 0.491 e. The molecule has 0 radical (unpaired) electrons. The number of hydrogen-bond acceptors (Lipinski definition) is 4. The molecule has 3 aliphatic heterocycles. The van der Waals surface area contributed by atoms with Crippen LogP contribution in [-0.4, -0.2) is 78.6 Å². The van der Waals surface area contributed by atoms with Crippen LogP contribution in [-0.2, 0) is 16.6 Å². The summed E-state index contributed by atoms with van der Waals surface area (Å²) >= 11 is 0. The normalized spacial score (nSPS) is 23.2. The Bertz CT molecular complexity index is 1170. The topological polar surface area (TPSA) is 36.0 Å². The van der Waals surface area contributed by atoms with Crippen LogP contribution in [0.25, 0.3) is 0 Å². The fourth-order valence-electron chi connectivity index (χ4n) is 7.61. The molecule has 5 rings (SSSR count). The Hall–Kier alpha value is -2.37. The number of benzene rings is 2. The van der Waals surface area contributed by atoms with E-state index >= 15 is 0 Å². The summed E-state index contributed by atoms with van der Waals surface area (Å²) in [6.45, 7) is 16.4. The molecule has 5 heteroatoms. The number of hydrogen-bond donors (Lipinski definition) is 0. The molecular formula is C37H55N3O2. The molecule has 0 saturated carbocycles. The maximum absolute atomic E-state index is 13.9. The molecule has 2 aromatic carbocycles. The van der Waals surface area contributed by atoms with Gasteiger partial charge in [0, 0.05) is 24.5 Å². The van der Waals surface area contributed by atoms with Crippen molar-refractivity contribution >= 4 is 5.91 Å². The van der Waals surface area contributed by atoms with Gasteiger partial charge in [-0.1, -0.05) is 43.2 Å². The molecule has 0 spiro atoms. The fourth-order valence-corrected chi connectivity index (χ4v) is 7.61. The number of nitrogens with zero attached hydrogens (tertiary/aromatic N) is 3.